The van der Waals surface area contributed by atoms with Gasteiger partial charge in [-0.1, -0.05) is 18.0 Å². The van der Waals surface area contributed by atoms with E-state index in [2.05, 4.69) is 39.1 Å². The molecule has 162 valence electrons. The molecule has 0 unspecified atom stereocenters. The number of piperidine rings is 1. The number of halogens is 2. The number of likely N-dealkylation sites (tertiary alicyclic amines) is 1. The number of aliphatic imine (C=N–C) groups is 1. The first-order valence-electron chi connectivity index (χ1n) is 9.19. The lowest BCUT2D eigenvalue weighted by Gasteiger charge is -2.41. The minimum Gasteiger partial charge on any atom is -0.355 e. The molecule has 2 heterocycles. The lowest BCUT2D eigenvalue weighted by Crippen LogP contribution is -2.55. The first-order chi connectivity index (χ1) is 12.7. The third-order valence-corrected chi connectivity index (χ3v) is 7.83. The molecule has 0 bridgehead atoms. The Morgan fingerprint density at radius 3 is 2.46 bits per heavy atom. The van der Waals surface area contributed by atoms with Gasteiger partial charge in [-0.2, -0.15) is 0 Å². The third-order valence-electron chi connectivity index (χ3n) is 4.65. The summed E-state index contributed by atoms with van der Waals surface area (Å²) in [6.45, 7) is 8.20. The summed E-state index contributed by atoms with van der Waals surface area (Å²) >= 11 is 6.84. The van der Waals surface area contributed by atoms with E-state index in [4.69, 9.17) is 11.6 Å². The average Bonchev–Trinajstić information content (AvgIpc) is 3.09. The van der Waals surface area contributed by atoms with Crippen LogP contribution in [-0.4, -0.2) is 64.6 Å². The highest BCUT2D eigenvalue weighted by molar-refractivity contribution is 14.0. The number of guanidine groups is 1. The van der Waals surface area contributed by atoms with E-state index in [1.54, 1.807) is 13.1 Å². The number of hydrogen-bond acceptors (Lipinski definition) is 5. The third kappa shape index (κ3) is 7.94. The van der Waals surface area contributed by atoms with Gasteiger partial charge < -0.3 is 10.6 Å². The molecule has 1 saturated heterocycles. The van der Waals surface area contributed by atoms with Gasteiger partial charge in [-0.05, 0) is 51.9 Å². The zero-order chi connectivity index (χ0) is 19.9. The fourth-order valence-corrected chi connectivity index (χ4v) is 5.57. The van der Waals surface area contributed by atoms with Gasteiger partial charge in [0.2, 0.25) is 10.0 Å². The summed E-state index contributed by atoms with van der Waals surface area (Å²) in [4.78, 5) is 6.73. The molecular formula is C17H31ClIN5O2S2. The second kappa shape index (κ2) is 11.9. The maximum atomic E-state index is 12.2. The van der Waals surface area contributed by atoms with E-state index in [0.29, 0.717) is 16.8 Å². The molecule has 0 saturated carbocycles. The van der Waals surface area contributed by atoms with Crippen LogP contribution in [-0.2, 0) is 10.0 Å². The topological polar surface area (TPSA) is 85.8 Å². The van der Waals surface area contributed by atoms with Gasteiger partial charge >= 0.3 is 0 Å². The van der Waals surface area contributed by atoms with E-state index in [9.17, 15) is 8.42 Å². The Labute approximate surface area is 194 Å². The normalized spacial score (nSPS) is 16.5. The highest BCUT2D eigenvalue weighted by atomic mass is 127. The first kappa shape index (κ1) is 25.9. The number of sulfonamides is 1. The summed E-state index contributed by atoms with van der Waals surface area (Å²) < 4.78 is 27.5. The van der Waals surface area contributed by atoms with E-state index in [1.807, 2.05) is 0 Å². The molecule has 1 aromatic rings. The van der Waals surface area contributed by atoms with Crippen LogP contribution in [0.4, 0.5) is 0 Å². The second-order valence-corrected chi connectivity index (χ2v) is 10.9. The largest absolute Gasteiger partial charge is 0.355 e. The van der Waals surface area contributed by atoms with Crippen molar-refractivity contribution in [3.63, 3.8) is 0 Å². The first-order valence-corrected chi connectivity index (χ1v) is 11.9. The van der Waals surface area contributed by atoms with Crippen molar-refractivity contribution in [1.29, 1.82) is 0 Å². The van der Waals surface area contributed by atoms with E-state index < -0.39 is 10.0 Å². The minimum atomic E-state index is -3.52. The summed E-state index contributed by atoms with van der Waals surface area (Å²) in [6, 6.07) is 3.08. The molecule has 1 fully saturated rings. The van der Waals surface area contributed by atoms with E-state index in [0.717, 1.165) is 31.0 Å². The Morgan fingerprint density at radius 2 is 1.89 bits per heavy atom. The lowest BCUT2D eigenvalue weighted by atomic mass is 9.98. The Balaban J connectivity index is 0.00000392. The summed E-state index contributed by atoms with van der Waals surface area (Å²) in [7, 11) is -1.81. The SMILES string of the molecule is CN=C(NCCNS(=O)(=O)c1ccc(Cl)s1)NCC(C)(C)N1CCCCC1.I. The Kier molecular flexibility index (Phi) is 11.0. The van der Waals surface area contributed by atoms with Gasteiger partial charge in [0.05, 0.1) is 4.34 Å². The predicted molar refractivity (Wildman–Crippen MR) is 129 cm³/mol. The number of nitrogens with one attached hydrogen (secondary N) is 3. The molecule has 7 nitrogen and oxygen atoms in total. The van der Waals surface area contributed by atoms with Crippen molar-refractivity contribution in [3.8, 4) is 0 Å². The van der Waals surface area contributed by atoms with Gasteiger partial charge in [-0.25, -0.2) is 13.1 Å². The van der Waals surface area contributed by atoms with Gasteiger partial charge in [0, 0.05) is 32.2 Å². The van der Waals surface area contributed by atoms with Crippen molar-refractivity contribution in [3.05, 3.63) is 16.5 Å². The molecule has 0 atom stereocenters. The van der Waals surface area contributed by atoms with E-state index in [1.165, 1.54) is 25.3 Å². The van der Waals surface area contributed by atoms with Gasteiger partial charge in [-0.3, -0.25) is 9.89 Å². The molecule has 0 aliphatic carbocycles. The Morgan fingerprint density at radius 1 is 1.21 bits per heavy atom. The maximum absolute atomic E-state index is 12.2. The van der Waals surface area contributed by atoms with Gasteiger partial charge in [0.1, 0.15) is 4.21 Å². The fourth-order valence-electron chi connectivity index (χ4n) is 3.01. The van der Waals surface area contributed by atoms with Crippen LogP contribution in [0.5, 0.6) is 0 Å². The highest BCUT2D eigenvalue weighted by Gasteiger charge is 2.27. The summed E-state index contributed by atoms with van der Waals surface area (Å²) in [5, 5.41) is 6.49. The average molecular weight is 564 g/mol. The molecule has 28 heavy (non-hydrogen) atoms. The monoisotopic (exact) mass is 563 g/mol. The minimum absolute atomic E-state index is 0. The molecule has 0 spiro atoms. The molecule has 2 rings (SSSR count). The number of rotatable bonds is 8. The van der Waals surface area contributed by atoms with Crippen LogP contribution in [0, 0.1) is 0 Å². The zero-order valence-corrected chi connectivity index (χ0v) is 21.3. The number of hydrogen-bond donors (Lipinski definition) is 3. The molecule has 0 radical (unpaired) electrons. The maximum Gasteiger partial charge on any atom is 0.250 e. The van der Waals surface area contributed by atoms with Crippen LogP contribution >= 0.6 is 46.9 Å². The van der Waals surface area contributed by atoms with Gasteiger partial charge in [0.15, 0.2) is 5.96 Å². The molecule has 0 amide bonds. The predicted octanol–water partition coefficient (Wildman–Crippen LogP) is 2.73. The van der Waals surface area contributed by atoms with Crippen LogP contribution in [0.15, 0.2) is 21.3 Å². The Bertz CT molecular complexity index is 734. The smallest absolute Gasteiger partial charge is 0.250 e. The Hall–Kier alpha value is -0.140. The van der Waals surface area contributed by atoms with Crippen molar-refractivity contribution >= 4 is 62.9 Å². The van der Waals surface area contributed by atoms with Crippen molar-refractivity contribution in [1.82, 2.24) is 20.3 Å². The number of nitrogens with zero attached hydrogens (tertiary/aromatic N) is 2. The van der Waals surface area contributed by atoms with Crippen molar-refractivity contribution in [2.24, 2.45) is 4.99 Å². The second-order valence-electron chi connectivity index (χ2n) is 7.17. The molecule has 0 aromatic carbocycles. The van der Waals surface area contributed by atoms with Crippen LogP contribution < -0.4 is 15.4 Å². The van der Waals surface area contributed by atoms with Crippen molar-refractivity contribution in [2.45, 2.75) is 42.9 Å². The van der Waals surface area contributed by atoms with Crippen LogP contribution in [0.3, 0.4) is 0 Å². The summed E-state index contributed by atoms with van der Waals surface area (Å²) in [6.07, 6.45) is 3.83. The molecule has 1 aliphatic heterocycles. The zero-order valence-electron chi connectivity index (χ0n) is 16.6. The molecule has 3 N–H and O–H groups in total. The summed E-state index contributed by atoms with van der Waals surface area (Å²) in [5.41, 5.74) is 0.0398. The van der Waals surface area contributed by atoms with Crippen LogP contribution in [0.2, 0.25) is 4.34 Å². The lowest BCUT2D eigenvalue weighted by molar-refractivity contribution is 0.0982. The molecule has 1 aliphatic rings. The molecule has 11 heteroatoms. The van der Waals surface area contributed by atoms with E-state index in [-0.39, 0.29) is 40.3 Å². The molecule has 1 aromatic heterocycles. The highest BCUT2D eigenvalue weighted by Crippen LogP contribution is 2.25. The fraction of sp³-hybridized carbons (Fsp3) is 0.706. The summed E-state index contributed by atoms with van der Waals surface area (Å²) in [5.74, 6) is 0.665. The van der Waals surface area contributed by atoms with Crippen molar-refractivity contribution < 1.29 is 8.42 Å². The number of thiophene rings is 1. The standard InChI is InChI=1S/C17H30ClN5O2S2.HI/c1-17(2,23-11-5-4-6-12-23)13-21-16(19-3)20-9-10-22-27(24,25)15-8-7-14(18)26-15;/h7-8,22H,4-6,9-13H2,1-3H3,(H2,19,20,21);1H. The van der Waals surface area contributed by atoms with Crippen LogP contribution in [0.25, 0.3) is 0 Å². The van der Waals surface area contributed by atoms with Gasteiger partial charge in [0.25, 0.3) is 0 Å². The van der Waals surface area contributed by atoms with Crippen molar-refractivity contribution in [2.75, 3.05) is 39.8 Å². The van der Waals surface area contributed by atoms with Gasteiger partial charge in [-0.15, -0.1) is 35.3 Å². The molecular weight excluding hydrogens is 533 g/mol. The van der Waals surface area contributed by atoms with Crippen LogP contribution in [0.1, 0.15) is 33.1 Å². The quantitative estimate of drug-likeness (QED) is 0.196. The van der Waals surface area contributed by atoms with E-state index >= 15 is 0 Å².